The molecule has 0 saturated heterocycles. The minimum atomic E-state index is 0.124. The average molecular weight is 262 g/mol. The first-order chi connectivity index (χ1) is 9.09. The zero-order valence-electron chi connectivity index (χ0n) is 12.3. The molecule has 0 heterocycles. The Hall–Kier alpha value is -1.35. The van der Waals surface area contributed by atoms with Crippen LogP contribution in [0.2, 0.25) is 0 Å². The summed E-state index contributed by atoms with van der Waals surface area (Å²) in [6.45, 7) is 7.90. The van der Waals surface area contributed by atoms with Crippen molar-refractivity contribution in [2.75, 3.05) is 13.1 Å². The number of nitrogens with one attached hydrogen (secondary N) is 2. The van der Waals surface area contributed by atoms with E-state index in [2.05, 4.69) is 41.8 Å². The molecule has 0 aromatic heterocycles. The minimum absolute atomic E-state index is 0.124. The SMILES string of the molecule is CC(C)NC(=O)CCNCCC(C)c1ccccc1. The Bertz CT molecular complexity index is 362. The van der Waals surface area contributed by atoms with Crippen LogP contribution in [-0.4, -0.2) is 25.0 Å². The molecule has 3 nitrogen and oxygen atoms in total. The number of carbonyl (C=O) groups is 1. The van der Waals surface area contributed by atoms with Crippen LogP contribution in [0, 0.1) is 0 Å². The molecule has 1 amide bonds. The molecule has 19 heavy (non-hydrogen) atoms. The maximum Gasteiger partial charge on any atom is 0.221 e. The van der Waals surface area contributed by atoms with Crippen LogP contribution in [0.1, 0.15) is 45.1 Å². The van der Waals surface area contributed by atoms with Gasteiger partial charge in [-0.1, -0.05) is 37.3 Å². The molecule has 0 bridgehead atoms. The lowest BCUT2D eigenvalue weighted by Gasteiger charge is -2.12. The Balaban J connectivity index is 2.09. The van der Waals surface area contributed by atoms with Gasteiger partial charge in [0.15, 0.2) is 0 Å². The molecule has 3 heteroatoms. The van der Waals surface area contributed by atoms with Crippen LogP contribution < -0.4 is 10.6 Å². The molecule has 1 unspecified atom stereocenters. The molecule has 0 aliphatic rings. The summed E-state index contributed by atoms with van der Waals surface area (Å²) >= 11 is 0. The topological polar surface area (TPSA) is 41.1 Å². The summed E-state index contributed by atoms with van der Waals surface area (Å²) in [5, 5.41) is 6.22. The third-order valence-corrected chi connectivity index (χ3v) is 3.10. The van der Waals surface area contributed by atoms with E-state index in [0.717, 1.165) is 19.5 Å². The van der Waals surface area contributed by atoms with Crippen molar-refractivity contribution in [1.82, 2.24) is 10.6 Å². The van der Waals surface area contributed by atoms with Crippen molar-refractivity contribution < 1.29 is 4.79 Å². The first-order valence-electron chi connectivity index (χ1n) is 7.14. The van der Waals surface area contributed by atoms with Crippen molar-refractivity contribution in [2.24, 2.45) is 0 Å². The fraction of sp³-hybridized carbons (Fsp3) is 0.562. The molecule has 0 aliphatic carbocycles. The zero-order valence-corrected chi connectivity index (χ0v) is 12.3. The Morgan fingerprint density at radius 2 is 1.79 bits per heavy atom. The Labute approximate surface area is 116 Å². The predicted molar refractivity (Wildman–Crippen MR) is 80.2 cm³/mol. The van der Waals surface area contributed by atoms with E-state index in [1.165, 1.54) is 5.56 Å². The molecule has 1 atom stereocenters. The summed E-state index contributed by atoms with van der Waals surface area (Å²) in [5.74, 6) is 0.678. The molecule has 2 N–H and O–H groups in total. The normalized spacial score (nSPS) is 12.4. The van der Waals surface area contributed by atoms with Crippen molar-refractivity contribution in [3.63, 3.8) is 0 Å². The number of benzene rings is 1. The van der Waals surface area contributed by atoms with Gasteiger partial charge < -0.3 is 10.6 Å². The fourth-order valence-corrected chi connectivity index (χ4v) is 1.99. The van der Waals surface area contributed by atoms with Crippen molar-refractivity contribution >= 4 is 5.91 Å². The van der Waals surface area contributed by atoms with Gasteiger partial charge in [0.1, 0.15) is 0 Å². The molecule has 0 fully saturated rings. The number of hydrogen-bond donors (Lipinski definition) is 2. The van der Waals surface area contributed by atoms with Crippen LogP contribution in [-0.2, 0) is 4.79 Å². The third kappa shape index (κ3) is 6.97. The van der Waals surface area contributed by atoms with Crippen LogP contribution in [0.3, 0.4) is 0 Å². The highest BCUT2D eigenvalue weighted by molar-refractivity contribution is 5.76. The van der Waals surface area contributed by atoms with E-state index in [1.807, 2.05) is 19.9 Å². The van der Waals surface area contributed by atoms with E-state index in [0.29, 0.717) is 12.3 Å². The summed E-state index contributed by atoms with van der Waals surface area (Å²) < 4.78 is 0. The second-order valence-corrected chi connectivity index (χ2v) is 5.32. The highest BCUT2D eigenvalue weighted by atomic mass is 16.1. The highest BCUT2D eigenvalue weighted by Crippen LogP contribution is 2.17. The lowest BCUT2D eigenvalue weighted by Crippen LogP contribution is -2.32. The molecule has 0 aliphatic heterocycles. The van der Waals surface area contributed by atoms with Gasteiger partial charge in [0.25, 0.3) is 0 Å². The second kappa shape index (κ2) is 8.70. The smallest absolute Gasteiger partial charge is 0.221 e. The summed E-state index contributed by atoms with van der Waals surface area (Å²) in [6, 6.07) is 10.8. The quantitative estimate of drug-likeness (QED) is 0.707. The number of amides is 1. The molecule has 0 saturated carbocycles. The Kier molecular flexibility index (Phi) is 7.19. The van der Waals surface area contributed by atoms with Gasteiger partial charge in [-0.15, -0.1) is 0 Å². The molecule has 1 aromatic rings. The predicted octanol–water partition coefficient (Wildman–Crippen LogP) is 2.68. The first-order valence-corrected chi connectivity index (χ1v) is 7.14. The largest absolute Gasteiger partial charge is 0.354 e. The van der Waals surface area contributed by atoms with Gasteiger partial charge in [0.05, 0.1) is 0 Å². The molecule has 0 radical (unpaired) electrons. The minimum Gasteiger partial charge on any atom is -0.354 e. The number of hydrogen-bond acceptors (Lipinski definition) is 2. The van der Waals surface area contributed by atoms with Gasteiger partial charge >= 0.3 is 0 Å². The van der Waals surface area contributed by atoms with Gasteiger partial charge in [-0.3, -0.25) is 4.79 Å². The Morgan fingerprint density at radius 1 is 1.11 bits per heavy atom. The average Bonchev–Trinajstić information content (AvgIpc) is 2.38. The van der Waals surface area contributed by atoms with Gasteiger partial charge in [0, 0.05) is 19.0 Å². The lowest BCUT2D eigenvalue weighted by molar-refractivity contribution is -0.121. The maximum atomic E-state index is 11.4. The monoisotopic (exact) mass is 262 g/mol. The van der Waals surface area contributed by atoms with Crippen molar-refractivity contribution in [1.29, 1.82) is 0 Å². The van der Waals surface area contributed by atoms with E-state index < -0.39 is 0 Å². The maximum absolute atomic E-state index is 11.4. The van der Waals surface area contributed by atoms with Crippen LogP contribution in [0.25, 0.3) is 0 Å². The summed E-state index contributed by atoms with van der Waals surface area (Å²) in [7, 11) is 0. The van der Waals surface area contributed by atoms with Crippen LogP contribution in [0.15, 0.2) is 30.3 Å². The zero-order chi connectivity index (χ0) is 14.1. The third-order valence-electron chi connectivity index (χ3n) is 3.10. The van der Waals surface area contributed by atoms with Gasteiger partial charge in [-0.05, 0) is 38.3 Å². The summed E-state index contributed by atoms with van der Waals surface area (Å²) in [6.07, 6.45) is 1.65. The van der Waals surface area contributed by atoms with E-state index in [1.54, 1.807) is 0 Å². The second-order valence-electron chi connectivity index (χ2n) is 5.32. The summed E-state index contributed by atoms with van der Waals surface area (Å²) in [4.78, 5) is 11.4. The molecular formula is C16H26N2O. The number of carbonyl (C=O) groups excluding carboxylic acids is 1. The van der Waals surface area contributed by atoms with Gasteiger partial charge in [-0.25, -0.2) is 0 Å². The van der Waals surface area contributed by atoms with Crippen molar-refractivity contribution in [3.8, 4) is 0 Å². The van der Waals surface area contributed by atoms with Crippen molar-refractivity contribution in [2.45, 2.75) is 45.6 Å². The molecule has 1 aromatic carbocycles. The van der Waals surface area contributed by atoms with E-state index >= 15 is 0 Å². The molecular weight excluding hydrogens is 236 g/mol. The highest BCUT2D eigenvalue weighted by Gasteiger charge is 2.05. The molecule has 1 rings (SSSR count). The molecule has 106 valence electrons. The van der Waals surface area contributed by atoms with Crippen molar-refractivity contribution in [3.05, 3.63) is 35.9 Å². The standard InChI is InChI=1S/C16H26N2O/c1-13(2)18-16(19)10-12-17-11-9-14(3)15-7-5-4-6-8-15/h4-8,13-14,17H,9-12H2,1-3H3,(H,18,19). The number of rotatable bonds is 8. The van der Waals surface area contributed by atoms with E-state index in [9.17, 15) is 4.79 Å². The summed E-state index contributed by atoms with van der Waals surface area (Å²) in [5.41, 5.74) is 1.38. The van der Waals surface area contributed by atoms with Crippen LogP contribution in [0.5, 0.6) is 0 Å². The van der Waals surface area contributed by atoms with Crippen LogP contribution in [0.4, 0.5) is 0 Å². The Morgan fingerprint density at radius 3 is 2.42 bits per heavy atom. The lowest BCUT2D eigenvalue weighted by atomic mass is 9.98. The molecule has 0 spiro atoms. The van der Waals surface area contributed by atoms with Gasteiger partial charge in [0.2, 0.25) is 5.91 Å². The fourth-order valence-electron chi connectivity index (χ4n) is 1.99. The van der Waals surface area contributed by atoms with Crippen LogP contribution >= 0.6 is 0 Å². The van der Waals surface area contributed by atoms with E-state index in [4.69, 9.17) is 0 Å². The van der Waals surface area contributed by atoms with E-state index in [-0.39, 0.29) is 11.9 Å². The van der Waals surface area contributed by atoms with Gasteiger partial charge in [-0.2, -0.15) is 0 Å². The first kappa shape index (κ1) is 15.7.